The normalized spacial score (nSPS) is 26.1. The minimum absolute atomic E-state index is 0.116. The Bertz CT molecular complexity index is 109. The lowest BCUT2D eigenvalue weighted by molar-refractivity contribution is -0.233. The van der Waals surface area contributed by atoms with Crippen molar-refractivity contribution in [2.45, 2.75) is 18.1 Å². The van der Waals surface area contributed by atoms with E-state index in [-0.39, 0.29) is 5.25 Å². The molecule has 0 aromatic carbocycles. The van der Waals surface area contributed by atoms with Crippen molar-refractivity contribution < 1.29 is 14.9 Å². The lowest BCUT2D eigenvalue weighted by Crippen LogP contribution is -2.15. The van der Waals surface area contributed by atoms with Crippen LogP contribution in [-0.2, 0) is 9.68 Å². The summed E-state index contributed by atoms with van der Waals surface area (Å²) >= 11 is 1.54. The molecule has 0 bridgehead atoms. The van der Waals surface area contributed by atoms with E-state index in [0.29, 0.717) is 0 Å². The van der Waals surface area contributed by atoms with E-state index < -0.39 is 5.97 Å². The van der Waals surface area contributed by atoms with Gasteiger partial charge in [0, 0.05) is 0 Å². The third-order valence-corrected chi connectivity index (χ3v) is 2.64. The van der Waals surface area contributed by atoms with E-state index in [9.17, 15) is 4.79 Å². The van der Waals surface area contributed by atoms with E-state index in [1.54, 1.807) is 11.8 Å². The van der Waals surface area contributed by atoms with Crippen LogP contribution in [0.1, 0.15) is 12.8 Å². The zero-order valence-electron chi connectivity index (χ0n) is 4.87. The molecule has 0 radical (unpaired) electrons. The predicted octanol–water partition coefficient (Wildman–Crippen LogP) is 0.898. The molecular formula is C5H8O3S. The summed E-state index contributed by atoms with van der Waals surface area (Å²) in [5, 5.41) is 7.82. The van der Waals surface area contributed by atoms with Gasteiger partial charge in [-0.25, -0.2) is 4.79 Å². The van der Waals surface area contributed by atoms with Crippen LogP contribution in [0.5, 0.6) is 0 Å². The van der Waals surface area contributed by atoms with Crippen molar-refractivity contribution in [3.05, 3.63) is 0 Å². The summed E-state index contributed by atoms with van der Waals surface area (Å²) in [5.41, 5.74) is 0. The van der Waals surface area contributed by atoms with Crippen molar-refractivity contribution in [3.63, 3.8) is 0 Å². The fourth-order valence-corrected chi connectivity index (χ4v) is 1.95. The van der Waals surface area contributed by atoms with Crippen LogP contribution in [0.2, 0.25) is 0 Å². The van der Waals surface area contributed by atoms with Crippen LogP contribution in [-0.4, -0.2) is 22.2 Å². The van der Waals surface area contributed by atoms with Gasteiger partial charge < -0.3 is 0 Å². The molecule has 0 saturated carbocycles. The zero-order chi connectivity index (χ0) is 6.69. The van der Waals surface area contributed by atoms with E-state index in [1.807, 2.05) is 0 Å². The van der Waals surface area contributed by atoms with Gasteiger partial charge in [-0.1, -0.05) is 0 Å². The molecule has 0 aromatic rings. The number of carbonyl (C=O) groups excluding carboxylic acids is 1. The molecular weight excluding hydrogens is 140 g/mol. The summed E-state index contributed by atoms with van der Waals surface area (Å²) in [7, 11) is 0. The van der Waals surface area contributed by atoms with Crippen molar-refractivity contribution >= 4 is 17.7 Å². The summed E-state index contributed by atoms with van der Waals surface area (Å²) in [6.07, 6.45) is 1.88. The Morgan fingerprint density at radius 1 is 1.78 bits per heavy atom. The zero-order valence-corrected chi connectivity index (χ0v) is 5.69. The number of thioether (sulfide) groups is 1. The molecule has 1 unspecified atom stereocenters. The summed E-state index contributed by atoms with van der Waals surface area (Å²) in [5.74, 6) is 0.497. The molecule has 4 heteroatoms. The van der Waals surface area contributed by atoms with Crippen molar-refractivity contribution in [2.75, 3.05) is 5.75 Å². The highest BCUT2D eigenvalue weighted by Gasteiger charge is 2.24. The van der Waals surface area contributed by atoms with Gasteiger partial charge in [-0.2, -0.15) is 5.26 Å². The van der Waals surface area contributed by atoms with Crippen LogP contribution in [0.3, 0.4) is 0 Å². The topological polar surface area (TPSA) is 46.5 Å². The molecule has 0 spiro atoms. The van der Waals surface area contributed by atoms with Crippen LogP contribution < -0.4 is 0 Å². The Morgan fingerprint density at radius 3 is 3.00 bits per heavy atom. The molecule has 3 nitrogen and oxygen atoms in total. The average molecular weight is 148 g/mol. The van der Waals surface area contributed by atoms with Crippen molar-refractivity contribution in [1.82, 2.24) is 0 Å². The van der Waals surface area contributed by atoms with Crippen molar-refractivity contribution in [2.24, 2.45) is 0 Å². The van der Waals surface area contributed by atoms with Gasteiger partial charge in [0.1, 0.15) is 5.25 Å². The minimum Gasteiger partial charge on any atom is -0.300 e. The molecule has 1 heterocycles. The van der Waals surface area contributed by atoms with E-state index in [1.165, 1.54) is 0 Å². The Balaban J connectivity index is 2.32. The Morgan fingerprint density at radius 2 is 2.56 bits per heavy atom. The molecule has 0 amide bonds. The van der Waals surface area contributed by atoms with Gasteiger partial charge in [-0.3, -0.25) is 4.89 Å². The molecule has 1 saturated heterocycles. The minimum atomic E-state index is -0.502. The molecule has 1 fully saturated rings. The van der Waals surface area contributed by atoms with Crippen LogP contribution in [0.15, 0.2) is 0 Å². The van der Waals surface area contributed by atoms with Gasteiger partial charge in [0.2, 0.25) is 0 Å². The molecule has 52 valence electrons. The maximum Gasteiger partial charge on any atom is 0.354 e. The molecule has 1 N–H and O–H groups in total. The first-order valence-electron chi connectivity index (χ1n) is 2.81. The number of hydrogen-bond acceptors (Lipinski definition) is 4. The maximum absolute atomic E-state index is 10.5. The first-order valence-corrected chi connectivity index (χ1v) is 3.86. The first-order chi connectivity index (χ1) is 4.34. The molecule has 9 heavy (non-hydrogen) atoms. The number of carbonyl (C=O) groups is 1. The van der Waals surface area contributed by atoms with Gasteiger partial charge in [0.05, 0.1) is 0 Å². The summed E-state index contributed by atoms with van der Waals surface area (Å²) in [4.78, 5) is 14.1. The number of hydrogen-bond donors (Lipinski definition) is 1. The van der Waals surface area contributed by atoms with Gasteiger partial charge in [0.25, 0.3) is 0 Å². The Labute approximate surface area is 57.3 Å². The second-order valence-corrected chi connectivity index (χ2v) is 3.22. The smallest absolute Gasteiger partial charge is 0.300 e. The maximum atomic E-state index is 10.5. The first kappa shape index (κ1) is 6.89. The highest BCUT2D eigenvalue weighted by atomic mass is 32.2. The number of rotatable bonds is 1. The third kappa shape index (κ3) is 1.59. The van der Waals surface area contributed by atoms with E-state index >= 15 is 0 Å². The van der Waals surface area contributed by atoms with Crippen LogP contribution in [0.25, 0.3) is 0 Å². The van der Waals surface area contributed by atoms with Crippen LogP contribution in [0, 0.1) is 0 Å². The Kier molecular flexibility index (Phi) is 2.36. The quantitative estimate of drug-likeness (QED) is 0.443. The second kappa shape index (κ2) is 3.08. The second-order valence-electron chi connectivity index (χ2n) is 1.91. The summed E-state index contributed by atoms with van der Waals surface area (Å²) in [6.45, 7) is 0. The van der Waals surface area contributed by atoms with Gasteiger partial charge >= 0.3 is 5.97 Å². The highest BCUT2D eigenvalue weighted by molar-refractivity contribution is 8.00. The van der Waals surface area contributed by atoms with Crippen molar-refractivity contribution in [1.29, 1.82) is 0 Å². The van der Waals surface area contributed by atoms with E-state index in [2.05, 4.69) is 4.89 Å². The predicted molar refractivity (Wildman–Crippen MR) is 34.2 cm³/mol. The van der Waals surface area contributed by atoms with Gasteiger partial charge in [-0.15, -0.1) is 11.8 Å². The fraction of sp³-hybridized carbons (Fsp3) is 0.800. The third-order valence-electron chi connectivity index (χ3n) is 1.28. The van der Waals surface area contributed by atoms with Crippen LogP contribution >= 0.6 is 11.8 Å². The highest BCUT2D eigenvalue weighted by Crippen LogP contribution is 2.26. The van der Waals surface area contributed by atoms with Crippen molar-refractivity contribution in [3.8, 4) is 0 Å². The summed E-state index contributed by atoms with van der Waals surface area (Å²) < 4.78 is 0. The largest absolute Gasteiger partial charge is 0.354 e. The molecule has 0 aromatic heterocycles. The molecule has 1 atom stereocenters. The van der Waals surface area contributed by atoms with Gasteiger partial charge in [0.15, 0.2) is 0 Å². The molecule has 0 aliphatic carbocycles. The van der Waals surface area contributed by atoms with Crippen LogP contribution in [0.4, 0.5) is 0 Å². The summed E-state index contributed by atoms with van der Waals surface area (Å²) in [6, 6.07) is 0. The molecule has 1 aliphatic rings. The SMILES string of the molecule is O=C(OO)C1CCCS1. The molecule has 1 aliphatic heterocycles. The van der Waals surface area contributed by atoms with E-state index in [4.69, 9.17) is 5.26 Å². The fourth-order valence-electron chi connectivity index (χ4n) is 0.822. The standard InChI is InChI=1S/C5H8O3S/c6-5(8-7)4-2-1-3-9-4/h4,7H,1-3H2. The Hall–Kier alpha value is -0.220. The lowest BCUT2D eigenvalue weighted by Gasteiger charge is -2.00. The lowest BCUT2D eigenvalue weighted by atomic mass is 10.3. The van der Waals surface area contributed by atoms with E-state index in [0.717, 1.165) is 18.6 Å². The monoisotopic (exact) mass is 148 g/mol. The average Bonchev–Trinajstić information content (AvgIpc) is 2.37. The molecule has 1 rings (SSSR count). The van der Waals surface area contributed by atoms with Gasteiger partial charge in [-0.05, 0) is 18.6 Å².